The van der Waals surface area contributed by atoms with Gasteiger partial charge in [0.2, 0.25) is 0 Å². The number of carbonyl (C=O) groups is 2. The van der Waals surface area contributed by atoms with E-state index in [-0.39, 0.29) is 35.4 Å². The molecule has 4 N–H and O–H groups in total. The van der Waals surface area contributed by atoms with Crippen LogP contribution < -0.4 is 0 Å². The standard InChI is InChI=1S/C29H44O8/c1-7-8-9-10-21(32)36-15-27-13-17(3)28-12-16(2)25(37-18(4)31)29(28,35)23(33)19(14-30)11-20(24(28)34)22(27)26(27,5)6/h11-12,17,20,22-25,30,33-35H,7-10,13-15H2,1-6H3/t17-,20+,22-,23-,24?,25+,27+,28+,29+/m1/s1. The van der Waals surface area contributed by atoms with Crippen molar-refractivity contribution in [3.8, 4) is 0 Å². The van der Waals surface area contributed by atoms with Gasteiger partial charge in [-0.3, -0.25) is 9.59 Å². The van der Waals surface area contributed by atoms with Gasteiger partial charge in [-0.2, -0.15) is 0 Å². The lowest BCUT2D eigenvalue weighted by Gasteiger charge is -2.52. The van der Waals surface area contributed by atoms with Crippen LogP contribution >= 0.6 is 0 Å². The quantitative estimate of drug-likeness (QED) is 0.218. The zero-order valence-electron chi connectivity index (χ0n) is 23.0. The molecular weight excluding hydrogens is 476 g/mol. The third-order valence-electron chi connectivity index (χ3n) is 10.4. The van der Waals surface area contributed by atoms with Gasteiger partial charge >= 0.3 is 11.9 Å². The summed E-state index contributed by atoms with van der Waals surface area (Å²) in [4.78, 5) is 24.6. The van der Waals surface area contributed by atoms with Gasteiger partial charge < -0.3 is 29.9 Å². The zero-order valence-corrected chi connectivity index (χ0v) is 23.0. The maximum absolute atomic E-state index is 12.6. The summed E-state index contributed by atoms with van der Waals surface area (Å²) >= 11 is 0. The molecule has 8 heteroatoms. The van der Waals surface area contributed by atoms with Crippen molar-refractivity contribution >= 4 is 11.9 Å². The predicted molar refractivity (Wildman–Crippen MR) is 136 cm³/mol. The molecule has 4 rings (SSSR count). The summed E-state index contributed by atoms with van der Waals surface area (Å²) < 4.78 is 11.4. The number of esters is 2. The molecule has 4 aliphatic carbocycles. The molecule has 0 amide bonds. The Balaban J connectivity index is 1.79. The van der Waals surface area contributed by atoms with E-state index in [1.165, 1.54) is 6.92 Å². The van der Waals surface area contributed by atoms with Crippen LogP contribution in [-0.2, 0) is 19.1 Å². The number of ether oxygens (including phenoxy) is 2. The number of fused-ring (bicyclic) bond motifs is 3. The highest BCUT2D eigenvalue weighted by atomic mass is 16.6. The highest BCUT2D eigenvalue weighted by Gasteiger charge is 2.81. The number of carbonyl (C=O) groups excluding carboxylic acids is 2. The Morgan fingerprint density at radius 1 is 1.19 bits per heavy atom. The summed E-state index contributed by atoms with van der Waals surface area (Å²) in [7, 11) is 0. The molecule has 2 bridgehead atoms. The van der Waals surface area contributed by atoms with Crippen molar-refractivity contribution in [1.82, 2.24) is 0 Å². The Morgan fingerprint density at radius 3 is 2.46 bits per heavy atom. The predicted octanol–water partition coefficient (Wildman–Crippen LogP) is 2.67. The fourth-order valence-electron chi connectivity index (χ4n) is 8.55. The van der Waals surface area contributed by atoms with Crippen LogP contribution in [0, 0.1) is 34.0 Å². The summed E-state index contributed by atoms with van der Waals surface area (Å²) in [5.41, 5.74) is -3.44. The first-order chi connectivity index (χ1) is 17.3. The Hall–Kier alpha value is -1.74. The van der Waals surface area contributed by atoms with Crippen molar-refractivity contribution in [1.29, 1.82) is 0 Å². The van der Waals surface area contributed by atoms with Gasteiger partial charge in [-0.15, -0.1) is 0 Å². The van der Waals surface area contributed by atoms with Crippen molar-refractivity contribution in [2.45, 2.75) is 97.6 Å². The normalized spacial score (nSPS) is 43.4. The molecule has 0 heterocycles. The minimum atomic E-state index is -2.08. The summed E-state index contributed by atoms with van der Waals surface area (Å²) in [5.74, 6) is -1.86. The second kappa shape index (κ2) is 9.47. The van der Waals surface area contributed by atoms with E-state index in [2.05, 4.69) is 20.8 Å². The van der Waals surface area contributed by atoms with Gasteiger partial charge in [0.15, 0.2) is 6.10 Å². The third-order valence-corrected chi connectivity index (χ3v) is 10.4. The molecule has 0 aromatic carbocycles. The van der Waals surface area contributed by atoms with Crippen LogP contribution in [0.2, 0.25) is 0 Å². The van der Waals surface area contributed by atoms with Gasteiger partial charge in [0.05, 0.1) is 24.7 Å². The van der Waals surface area contributed by atoms with Crippen molar-refractivity contribution in [3.05, 3.63) is 23.3 Å². The minimum absolute atomic E-state index is 0.113. The van der Waals surface area contributed by atoms with Gasteiger partial charge in [-0.25, -0.2) is 0 Å². The number of unbranched alkanes of at least 4 members (excludes halogenated alkanes) is 2. The number of aliphatic hydroxyl groups is 4. The molecule has 2 saturated carbocycles. The maximum Gasteiger partial charge on any atom is 0.305 e. The lowest BCUT2D eigenvalue weighted by atomic mass is 9.57. The van der Waals surface area contributed by atoms with E-state index in [4.69, 9.17) is 9.47 Å². The smallest absolute Gasteiger partial charge is 0.305 e. The number of aliphatic hydroxyl groups excluding tert-OH is 3. The first kappa shape index (κ1) is 28.3. The molecule has 1 unspecified atom stereocenters. The average molecular weight is 521 g/mol. The van der Waals surface area contributed by atoms with Crippen molar-refractivity contribution in [2.75, 3.05) is 13.2 Å². The van der Waals surface area contributed by atoms with E-state index >= 15 is 0 Å². The van der Waals surface area contributed by atoms with E-state index in [1.54, 1.807) is 19.1 Å². The van der Waals surface area contributed by atoms with Crippen LogP contribution in [0.15, 0.2) is 23.3 Å². The molecule has 0 saturated heterocycles. The monoisotopic (exact) mass is 520 g/mol. The highest BCUT2D eigenvalue weighted by Crippen LogP contribution is 2.79. The van der Waals surface area contributed by atoms with E-state index < -0.39 is 53.2 Å². The summed E-state index contributed by atoms with van der Waals surface area (Å²) in [6.45, 7) is 10.9. The minimum Gasteiger partial charge on any atom is -0.465 e. The second-order valence-corrected chi connectivity index (χ2v) is 12.5. The van der Waals surface area contributed by atoms with Crippen LogP contribution in [0.4, 0.5) is 0 Å². The van der Waals surface area contributed by atoms with Crippen LogP contribution in [0.5, 0.6) is 0 Å². The molecule has 0 aromatic heterocycles. The van der Waals surface area contributed by atoms with Gasteiger partial charge in [0, 0.05) is 24.7 Å². The van der Waals surface area contributed by atoms with E-state index in [0.29, 0.717) is 18.4 Å². The number of rotatable bonds is 8. The average Bonchev–Trinajstić information content (AvgIpc) is 3.24. The fourth-order valence-corrected chi connectivity index (χ4v) is 8.55. The third kappa shape index (κ3) is 3.77. The van der Waals surface area contributed by atoms with Crippen molar-refractivity contribution in [3.63, 3.8) is 0 Å². The Bertz CT molecular complexity index is 1000. The fraction of sp³-hybridized carbons (Fsp3) is 0.793. The SMILES string of the molecule is CCCCCC(=O)OC[C@@]12C[C@@H](C)[C@]34C=C(C)[C@H](OC(C)=O)[C@@]3(O)[C@H](O)C(CO)=C[C@H](C4O)[C@@H]1C2(C)C. The Morgan fingerprint density at radius 2 is 1.86 bits per heavy atom. The first-order valence-electron chi connectivity index (χ1n) is 13.7. The largest absolute Gasteiger partial charge is 0.465 e. The molecular formula is C29H44O8. The molecule has 8 nitrogen and oxygen atoms in total. The molecule has 37 heavy (non-hydrogen) atoms. The molecule has 0 aliphatic heterocycles. The molecule has 0 radical (unpaired) electrons. The van der Waals surface area contributed by atoms with Crippen LogP contribution in [0.3, 0.4) is 0 Å². The lowest BCUT2D eigenvalue weighted by molar-refractivity contribution is -0.224. The molecule has 2 fully saturated rings. The van der Waals surface area contributed by atoms with Gasteiger partial charge in [-0.1, -0.05) is 52.7 Å². The molecule has 0 aromatic rings. The first-order valence-corrected chi connectivity index (χ1v) is 13.7. The topological polar surface area (TPSA) is 134 Å². The molecule has 1 spiro atoms. The second-order valence-electron chi connectivity index (χ2n) is 12.5. The van der Waals surface area contributed by atoms with Crippen molar-refractivity contribution in [2.24, 2.45) is 34.0 Å². The lowest BCUT2D eigenvalue weighted by Crippen LogP contribution is -2.66. The molecule has 208 valence electrons. The molecule has 4 aliphatic rings. The van der Waals surface area contributed by atoms with Gasteiger partial charge in [-0.05, 0) is 48.2 Å². The van der Waals surface area contributed by atoms with Crippen LogP contribution in [0.25, 0.3) is 0 Å². The van der Waals surface area contributed by atoms with Crippen LogP contribution in [0.1, 0.15) is 73.6 Å². The van der Waals surface area contributed by atoms with E-state index in [0.717, 1.165) is 19.3 Å². The van der Waals surface area contributed by atoms with Gasteiger partial charge in [0.25, 0.3) is 0 Å². The molecule has 9 atom stereocenters. The summed E-state index contributed by atoms with van der Waals surface area (Å²) in [6.07, 6.45) is 3.29. The van der Waals surface area contributed by atoms with E-state index in [9.17, 15) is 30.0 Å². The van der Waals surface area contributed by atoms with Gasteiger partial charge in [0.1, 0.15) is 11.7 Å². The Labute approximate surface area is 219 Å². The summed E-state index contributed by atoms with van der Waals surface area (Å²) in [5, 5.41) is 46.3. The van der Waals surface area contributed by atoms with Crippen LogP contribution in [-0.4, -0.2) is 69.5 Å². The zero-order chi connectivity index (χ0) is 27.6. The Kier molecular flexibility index (Phi) is 7.24. The highest BCUT2D eigenvalue weighted by molar-refractivity contribution is 5.69. The number of hydrogen-bond donors (Lipinski definition) is 4. The number of hydrogen-bond acceptors (Lipinski definition) is 8. The van der Waals surface area contributed by atoms with Crippen molar-refractivity contribution < 1.29 is 39.5 Å². The maximum atomic E-state index is 12.6. The summed E-state index contributed by atoms with van der Waals surface area (Å²) in [6, 6.07) is 0. The van der Waals surface area contributed by atoms with E-state index in [1.807, 2.05) is 6.92 Å².